The zero-order chi connectivity index (χ0) is 11.2. The monoisotopic (exact) mass is 214 g/mol. The summed E-state index contributed by atoms with van der Waals surface area (Å²) < 4.78 is 5.24. The topological polar surface area (TPSA) is 29.5 Å². The summed E-state index contributed by atoms with van der Waals surface area (Å²) in [5.74, 6) is 0. The second-order valence-corrected chi connectivity index (χ2v) is 4.57. The number of ether oxygens (including phenoxy) is 1. The Balaban J connectivity index is 4.04. The van der Waals surface area contributed by atoms with E-state index in [0.717, 1.165) is 19.4 Å². The van der Waals surface area contributed by atoms with Crippen molar-refractivity contribution in [1.29, 1.82) is 0 Å². The van der Waals surface area contributed by atoms with Gasteiger partial charge in [0.1, 0.15) is 5.60 Å². The van der Waals surface area contributed by atoms with Crippen LogP contribution in [-0.2, 0) is 4.74 Å². The molecule has 3 radical (unpaired) electrons. The van der Waals surface area contributed by atoms with Crippen LogP contribution < -0.4 is 0 Å². The summed E-state index contributed by atoms with van der Waals surface area (Å²) in [7, 11) is 3.33. The Kier molecular flexibility index (Phi) is 5.84. The summed E-state index contributed by atoms with van der Waals surface area (Å²) in [6.45, 7) is 8.46. The molecule has 81 valence electrons. The lowest BCUT2D eigenvalue weighted by molar-refractivity contribution is 0.0282. The zero-order valence-corrected chi connectivity index (χ0v) is 10.6. The van der Waals surface area contributed by atoms with Crippen LogP contribution >= 0.6 is 0 Å². The minimum absolute atomic E-state index is 0.249. The molecule has 0 unspecified atom stereocenters. The highest BCUT2D eigenvalue weighted by molar-refractivity contribution is 6.09. The molecule has 0 heterocycles. The van der Waals surface area contributed by atoms with Crippen LogP contribution in [0.1, 0.15) is 40.5 Å². The number of unbranched alkanes of at least 4 members (excludes halogenated alkanes) is 1. The van der Waals surface area contributed by atoms with Crippen molar-refractivity contribution in [2.75, 3.05) is 12.7 Å². The third-order valence-electron chi connectivity index (χ3n) is 1.62. The number of hydrogen-bond acceptors (Lipinski definition) is 2. The second-order valence-electron chi connectivity index (χ2n) is 4.26. The fourth-order valence-corrected chi connectivity index (χ4v) is 1.20. The lowest BCUT2D eigenvalue weighted by Crippen LogP contribution is -2.38. The van der Waals surface area contributed by atoms with Crippen molar-refractivity contribution in [3.05, 3.63) is 0 Å². The molecule has 0 bridgehead atoms. The molecular formula is C10H20NO2Si. The van der Waals surface area contributed by atoms with E-state index < -0.39 is 5.60 Å². The van der Waals surface area contributed by atoms with Crippen molar-refractivity contribution in [1.82, 2.24) is 4.90 Å². The second kappa shape index (κ2) is 6.06. The van der Waals surface area contributed by atoms with E-state index >= 15 is 0 Å². The summed E-state index contributed by atoms with van der Waals surface area (Å²) in [5, 5.41) is 0. The van der Waals surface area contributed by atoms with E-state index in [4.69, 9.17) is 4.74 Å². The number of hydrogen-bond donors (Lipinski definition) is 0. The van der Waals surface area contributed by atoms with E-state index in [2.05, 4.69) is 17.2 Å². The van der Waals surface area contributed by atoms with Gasteiger partial charge in [0.05, 0.1) is 10.2 Å². The molecule has 14 heavy (non-hydrogen) atoms. The zero-order valence-electron chi connectivity index (χ0n) is 9.59. The largest absolute Gasteiger partial charge is 0.444 e. The van der Waals surface area contributed by atoms with E-state index in [9.17, 15) is 4.79 Å². The van der Waals surface area contributed by atoms with Crippen LogP contribution in [0.25, 0.3) is 0 Å². The van der Waals surface area contributed by atoms with Crippen molar-refractivity contribution in [3.8, 4) is 0 Å². The summed E-state index contributed by atoms with van der Waals surface area (Å²) in [5.41, 5.74) is -0.414. The highest BCUT2D eigenvalue weighted by Crippen LogP contribution is 2.09. The van der Waals surface area contributed by atoms with E-state index in [1.807, 2.05) is 20.8 Å². The quantitative estimate of drug-likeness (QED) is 0.671. The van der Waals surface area contributed by atoms with Gasteiger partial charge in [-0.1, -0.05) is 13.3 Å². The molecule has 0 aliphatic rings. The molecule has 0 N–H and O–H groups in total. The third-order valence-corrected chi connectivity index (χ3v) is 2.01. The summed E-state index contributed by atoms with van der Waals surface area (Å²) >= 11 is 0. The minimum atomic E-state index is -0.414. The van der Waals surface area contributed by atoms with E-state index in [-0.39, 0.29) is 6.09 Å². The van der Waals surface area contributed by atoms with Gasteiger partial charge >= 0.3 is 6.09 Å². The molecule has 0 fully saturated rings. The predicted octanol–water partition coefficient (Wildman–Crippen LogP) is 2.15. The van der Waals surface area contributed by atoms with Gasteiger partial charge in [-0.25, -0.2) is 4.79 Å². The first-order chi connectivity index (χ1) is 6.40. The van der Waals surface area contributed by atoms with Gasteiger partial charge in [0.25, 0.3) is 0 Å². The summed E-state index contributed by atoms with van der Waals surface area (Å²) in [4.78, 5) is 13.2. The predicted molar refractivity (Wildman–Crippen MR) is 58.5 cm³/mol. The molecule has 0 spiro atoms. The maximum absolute atomic E-state index is 11.6. The Morgan fingerprint density at radius 2 is 2.00 bits per heavy atom. The average Bonchev–Trinajstić information content (AvgIpc) is 2.02. The van der Waals surface area contributed by atoms with Gasteiger partial charge in [0.2, 0.25) is 0 Å². The molecule has 0 atom stereocenters. The van der Waals surface area contributed by atoms with Crippen molar-refractivity contribution in [3.63, 3.8) is 0 Å². The Labute approximate surface area is 90.2 Å². The van der Waals surface area contributed by atoms with Crippen LogP contribution in [0.5, 0.6) is 0 Å². The molecule has 0 aromatic carbocycles. The first kappa shape index (κ1) is 13.5. The molecule has 0 aromatic heterocycles. The van der Waals surface area contributed by atoms with Crippen LogP contribution in [0.2, 0.25) is 0 Å². The molecular weight excluding hydrogens is 194 g/mol. The first-order valence-electron chi connectivity index (χ1n) is 5.03. The van der Waals surface area contributed by atoms with E-state index in [0.29, 0.717) is 6.17 Å². The normalized spacial score (nSPS) is 11.2. The molecule has 0 aromatic rings. The molecule has 0 saturated carbocycles. The average molecular weight is 214 g/mol. The van der Waals surface area contributed by atoms with Crippen LogP contribution in [0.4, 0.5) is 4.79 Å². The molecule has 0 rings (SSSR count). The van der Waals surface area contributed by atoms with Crippen molar-refractivity contribution < 1.29 is 9.53 Å². The number of nitrogens with zero attached hydrogens (tertiary/aromatic N) is 1. The molecule has 4 heteroatoms. The van der Waals surface area contributed by atoms with Crippen LogP contribution in [-0.4, -0.2) is 39.5 Å². The lowest BCUT2D eigenvalue weighted by atomic mass is 10.2. The lowest BCUT2D eigenvalue weighted by Gasteiger charge is -2.26. The number of carbonyl (C=O) groups is 1. The van der Waals surface area contributed by atoms with E-state index in [1.54, 1.807) is 4.90 Å². The number of carbonyl (C=O) groups excluding carboxylic acids is 1. The van der Waals surface area contributed by atoms with Gasteiger partial charge in [-0.15, -0.1) is 0 Å². The van der Waals surface area contributed by atoms with E-state index in [1.165, 1.54) is 0 Å². The van der Waals surface area contributed by atoms with Crippen LogP contribution in [0, 0.1) is 0 Å². The fourth-order valence-electron chi connectivity index (χ4n) is 0.910. The maximum atomic E-state index is 11.6. The van der Waals surface area contributed by atoms with Crippen molar-refractivity contribution in [2.24, 2.45) is 0 Å². The highest BCUT2D eigenvalue weighted by atomic mass is 28.1. The Morgan fingerprint density at radius 3 is 2.36 bits per heavy atom. The van der Waals surface area contributed by atoms with Crippen LogP contribution in [0.15, 0.2) is 0 Å². The number of rotatable bonds is 4. The Bertz CT molecular complexity index is 177. The SMILES string of the molecule is CCCCN(C[Si])C(=O)OC(C)(C)C. The molecule has 3 nitrogen and oxygen atoms in total. The number of amides is 1. The Hall–Kier alpha value is -0.513. The smallest absolute Gasteiger partial charge is 0.409 e. The Morgan fingerprint density at radius 1 is 1.43 bits per heavy atom. The molecule has 0 aliphatic carbocycles. The summed E-state index contributed by atoms with van der Waals surface area (Å²) in [6, 6.07) is 0. The van der Waals surface area contributed by atoms with Gasteiger partial charge in [0.15, 0.2) is 0 Å². The minimum Gasteiger partial charge on any atom is -0.444 e. The van der Waals surface area contributed by atoms with Crippen molar-refractivity contribution in [2.45, 2.75) is 46.1 Å². The van der Waals surface area contributed by atoms with Gasteiger partial charge in [0, 0.05) is 12.7 Å². The first-order valence-corrected chi connectivity index (χ1v) is 5.74. The molecule has 0 saturated heterocycles. The van der Waals surface area contributed by atoms with Gasteiger partial charge in [-0.2, -0.15) is 0 Å². The third kappa shape index (κ3) is 6.02. The van der Waals surface area contributed by atoms with Gasteiger partial charge < -0.3 is 9.64 Å². The maximum Gasteiger partial charge on any atom is 0.409 e. The van der Waals surface area contributed by atoms with Crippen molar-refractivity contribution >= 4 is 16.3 Å². The highest BCUT2D eigenvalue weighted by Gasteiger charge is 2.20. The fraction of sp³-hybridized carbons (Fsp3) is 0.900. The summed E-state index contributed by atoms with van der Waals surface area (Å²) in [6.07, 6.45) is 2.35. The standard InChI is InChI=1S/C10H20NO2Si/c1-5-6-7-11(8-14)9(12)13-10(2,3)4/h5-8H2,1-4H3. The molecule has 1 amide bonds. The van der Waals surface area contributed by atoms with Gasteiger partial charge in [-0.05, 0) is 27.2 Å². The molecule has 0 aliphatic heterocycles. The van der Waals surface area contributed by atoms with Crippen LogP contribution in [0.3, 0.4) is 0 Å². The van der Waals surface area contributed by atoms with Gasteiger partial charge in [-0.3, -0.25) is 0 Å².